The van der Waals surface area contributed by atoms with Crippen LogP contribution in [0.2, 0.25) is 0 Å². The number of rotatable bonds is 5. The number of carbonyl (C=O) groups is 2. The monoisotopic (exact) mass is 316 g/mol. The van der Waals surface area contributed by atoms with Gasteiger partial charge in [0.2, 0.25) is 5.91 Å². The maximum absolute atomic E-state index is 12.6. The van der Waals surface area contributed by atoms with Gasteiger partial charge in [-0.05, 0) is 31.0 Å². The maximum Gasteiger partial charge on any atom is 0.217 e. The van der Waals surface area contributed by atoms with Gasteiger partial charge in [-0.15, -0.1) is 0 Å². The lowest BCUT2D eigenvalue weighted by molar-refractivity contribution is -0.118. The summed E-state index contributed by atoms with van der Waals surface area (Å²) >= 11 is 0. The van der Waals surface area contributed by atoms with Crippen LogP contribution in [0.1, 0.15) is 55.3 Å². The van der Waals surface area contributed by atoms with Gasteiger partial charge in [0.05, 0.1) is 11.4 Å². The topological polar surface area (TPSA) is 110 Å². The molecule has 1 aromatic carbocycles. The molecule has 1 unspecified atom stereocenters. The Bertz CT molecular complexity index is 625. The van der Waals surface area contributed by atoms with Gasteiger partial charge < -0.3 is 16.4 Å². The average Bonchev–Trinajstić information content (AvgIpc) is 2.89. The number of nitrogens with one attached hydrogen (secondary N) is 2. The van der Waals surface area contributed by atoms with Gasteiger partial charge in [-0.3, -0.25) is 15.3 Å². The summed E-state index contributed by atoms with van der Waals surface area (Å²) in [7, 11) is 0. The molecule has 1 fully saturated rings. The summed E-state index contributed by atoms with van der Waals surface area (Å²) in [6.45, 7) is 0. The van der Waals surface area contributed by atoms with Crippen molar-refractivity contribution in [3.63, 3.8) is 0 Å². The summed E-state index contributed by atoms with van der Waals surface area (Å²) in [6, 6.07) is 5.58. The number of nitrogens with two attached hydrogens (primary N) is 2. The van der Waals surface area contributed by atoms with Crippen LogP contribution in [0.15, 0.2) is 18.2 Å². The summed E-state index contributed by atoms with van der Waals surface area (Å²) in [5.74, 6) is -0.915. The Balaban J connectivity index is 1.72. The number of ketones is 1. The minimum atomic E-state index is -0.899. The van der Waals surface area contributed by atoms with E-state index in [4.69, 9.17) is 11.5 Å². The molecule has 0 aromatic heterocycles. The number of primary amides is 1. The molecule has 6 N–H and O–H groups in total. The Morgan fingerprint density at radius 2 is 1.83 bits per heavy atom. The summed E-state index contributed by atoms with van der Waals surface area (Å²) in [5, 5.41) is 6.33. The molecule has 0 bridgehead atoms. The molecular formula is C17H24N4O2. The fourth-order valence-corrected chi connectivity index (χ4v) is 3.47. The zero-order valence-corrected chi connectivity index (χ0v) is 13.2. The molecule has 2 aliphatic rings. The van der Waals surface area contributed by atoms with Crippen molar-refractivity contribution in [2.75, 3.05) is 10.6 Å². The van der Waals surface area contributed by atoms with Crippen LogP contribution in [0.3, 0.4) is 0 Å². The number of hydrogen-bond donors (Lipinski definition) is 4. The average molecular weight is 316 g/mol. The minimum Gasteiger partial charge on any atom is -0.370 e. The van der Waals surface area contributed by atoms with E-state index < -0.39 is 5.79 Å². The molecule has 1 aliphatic heterocycles. The van der Waals surface area contributed by atoms with Crippen LogP contribution >= 0.6 is 0 Å². The van der Waals surface area contributed by atoms with Gasteiger partial charge in [-0.1, -0.05) is 19.3 Å². The molecule has 1 saturated carbocycles. The zero-order chi connectivity index (χ0) is 16.4. The third-order valence-electron chi connectivity index (χ3n) is 4.76. The second kappa shape index (κ2) is 6.20. The van der Waals surface area contributed by atoms with E-state index in [9.17, 15) is 9.59 Å². The van der Waals surface area contributed by atoms with E-state index in [2.05, 4.69) is 10.6 Å². The normalized spacial score (nSPS) is 23.7. The van der Waals surface area contributed by atoms with Crippen molar-refractivity contribution in [1.29, 1.82) is 0 Å². The van der Waals surface area contributed by atoms with Crippen molar-refractivity contribution >= 4 is 23.1 Å². The lowest BCUT2D eigenvalue weighted by Crippen LogP contribution is -2.51. The van der Waals surface area contributed by atoms with Crippen molar-refractivity contribution in [3.8, 4) is 0 Å². The number of Topliss-reactive ketones (excluding diaryl/α,β-unsaturated/α-hetero) is 1. The summed E-state index contributed by atoms with van der Waals surface area (Å²) in [6.07, 6.45) is 6.05. The highest BCUT2D eigenvalue weighted by Crippen LogP contribution is 2.36. The molecule has 0 radical (unpaired) electrons. The highest BCUT2D eigenvalue weighted by atomic mass is 16.1. The predicted molar refractivity (Wildman–Crippen MR) is 89.9 cm³/mol. The van der Waals surface area contributed by atoms with Crippen LogP contribution in [-0.2, 0) is 4.79 Å². The molecule has 1 aromatic rings. The summed E-state index contributed by atoms with van der Waals surface area (Å²) in [4.78, 5) is 23.6. The number of anilines is 2. The SMILES string of the molecule is NC(=O)CCC1(N)Nc2ccc(C(=O)C3CCCCC3)cc2N1. The molecule has 1 aliphatic carbocycles. The lowest BCUT2D eigenvalue weighted by Gasteiger charge is -2.25. The van der Waals surface area contributed by atoms with E-state index in [0.29, 0.717) is 6.42 Å². The third-order valence-corrected chi connectivity index (χ3v) is 4.76. The largest absolute Gasteiger partial charge is 0.370 e. The van der Waals surface area contributed by atoms with E-state index in [1.807, 2.05) is 18.2 Å². The first-order valence-corrected chi connectivity index (χ1v) is 8.29. The molecule has 0 saturated heterocycles. The summed E-state index contributed by atoms with van der Waals surface area (Å²) in [5.41, 5.74) is 13.8. The van der Waals surface area contributed by atoms with Gasteiger partial charge >= 0.3 is 0 Å². The Morgan fingerprint density at radius 1 is 1.13 bits per heavy atom. The highest BCUT2D eigenvalue weighted by molar-refractivity contribution is 6.00. The van der Waals surface area contributed by atoms with E-state index in [0.717, 1.165) is 42.6 Å². The zero-order valence-electron chi connectivity index (χ0n) is 13.2. The second-order valence-electron chi connectivity index (χ2n) is 6.65. The Morgan fingerprint density at radius 3 is 2.52 bits per heavy atom. The molecule has 1 heterocycles. The van der Waals surface area contributed by atoms with Gasteiger partial charge in [0.15, 0.2) is 11.6 Å². The Kier molecular flexibility index (Phi) is 4.26. The molecule has 23 heavy (non-hydrogen) atoms. The number of amides is 1. The van der Waals surface area contributed by atoms with Crippen molar-refractivity contribution in [2.24, 2.45) is 17.4 Å². The number of benzene rings is 1. The quantitative estimate of drug-likeness (QED) is 0.622. The highest BCUT2D eigenvalue weighted by Gasteiger charge is 2.33. The van der Waals surface area contributed by atoms with Crippen molar-refractivity contribution in [2.45, 2.75) is 50.7 Å². The van der Waals surface area contributed by atoms with Crippen LogP contribution in [0, 0.1) is 5.92 Å². The number of hydrogen-bond acceptors (Lipinski definition) is 5. The van der Waals surface area contributed by atoms with Crippen molar-refractivity contribution in [3.05, 3.63) is 23.8 Å². The molecule has 6 nitrogen and oxygen atoms in total. The second-order valence-corrected chi connectivity index (χ2v) is 6.65. The molecule has 6 heteroatoms. The molecular weight excluding hydrogens is 292 g/mol. The molecule has 1 amide bonds. The van der Waals surface area contributed by atoms with E-state index in [-0.39, 0.29) is 24.0 Å². The lowest BCUT2D eigenvalue weighted by atomic mass is 9.84. The van der Waals surface area contributed by atoms with Gasteiger partial charge in [0, 0.05) is 24.3 Å². The fraction of sp³-hybridized carbons (Fsp3) is 0.529. The molecule has 0 spiro atoms. The van der Waals surface area contributed by atoms with Gasteiger partial charge in [-0.2, -0.15) is 0 Å². The standard InChI is InChI=1S/C17H24N4O2/c18-15(22)8-9-17(19)20-13-7-6-12(10-14(13)21-17)16(23)11-4-2-1-3-5-11/h6-7,10-11,20-21H,1-5,8-9,19H2,(H2,18,22). The first-order valence-electron chi connectivity index (χ1n) is 8.29. The first-order chi connectivity index (χ1) is 11.0. The Hall–Kier alpha value is -2.08. The molecule has 3 rings (SSSR count). The van der Waals surface area contributed by atoms with Gasteiger partial charge in [0.25, 0.3) is 0 Å². The van der Waals surface area contributed by atoms with E-state index in [1.165, 1.54) is 6.42 Å². The van der Waals surface area contributed by atoms with Crippen LogP contribution in [0.25, 0.3) is 0 Å². The number of carbonyl (C=O) groups excluding carboxylic acids is 2. The number of fused-ring (bicyclic) bond motifs is 1. The van der Waals surface area contributed by atoms with Gasteiger partial charge in [-0.25, -0.2) is 0 Å². The smallest absolute Gasteiger partial charge is 0.217 e. The minimum absolute atomic E-state index is 0.147. The maximum atomic E-state index is 12.6. The molecule has 1 atom stereocenters. The fourth-order valence-electron chi connectivity index (χ4n) is 3.47. The molecule has 124 valence electrons. The van der Waals surface area contributed by atoms with E-state index >= 15 is 0 Å². The van der Waals surface area contributed by atoms with E-state index in [1.54, 1.807) is 0 Å². The van der Waals surface area contributed by atoms with Crippen molar-refractivity contribution in [1.82, 2.24) is 0 Å². The first kappa shape index (κ1) is 15.8. The van der Waals surface area contributed by atoms with Crippen LogP contribution in [-0.4, -0.2) is 17.5 Å². The van der Waals surface area contributed by atoms with Crippen molar-refractivity contribution < 1.29 is 9.59 Å². The Labute approximate surface area is 136 Å². The van der Waals surface area contributed by atoms with Gasteiger partial charge in [0.1, 0.15) is 0 Å². The third kappa shape index (κ3) is 3.47. The van der Waals surface area contributed by atoms with Crippen LogP contribution < -0.4 is 22.1 Å². The summed E-state index contributed by atoms with van der Waals surface area (Å²) < 4.78 is 0. The predicted octanol–water partition coefficient (Wildman–Crippen LogP) is 2.16. The van der Waals surface area contributed by atoms with Crippen LogP contribution in [0.4, 0.5) is 11.4 Å². The van der Waals surface area contributed by atoms with Crippen LogP contribution in [0.5, 0.6) is 0 Å².